The van der Waals surface area contributed by atoms with E-state index in [0.717, 1.165) is 12.0 Å². The van der Waals surface area contributed by atoms with Gasteiger partial charge in [-0.05, 0) is 61.7 Å². The van der Waals surface area contributed by atoms with E-state index in [4.69, 9.17) is 4.74 Å². The van der Waals surface area contributed by atoms with Crippen LogP contribution in [-0.4, -0.2) is 26.6 Å². The van der Waals surface area contributed by atoms with Crippen molar-refractivity contribution in [1.82, 2.24) is 0 Å². The molecule has 4 rings (SSSR count). The van der Waals surface area contributed by atoms with Crippen LogP contribution in [0.4, 0.5) is 11.4 Å². The van der Waals surface area contributed by atoms with Crippen LogP contribution in [0.5, 0.6) is 11.5 Å². The molecule has 1 saturated heterocycles. The van der Waals surface area contributed by atoms with Crippen molar-refractivity contribution in [2.24, 2.45) is 0 Å². The number of nitrogens with one attached hydrogen (secondary N) is 1. The Morgan fingerprint density at radius 2 is 1.71 bits per heavy atom. The third kappa shape index (κ3) is 4.72. The molecule has 6 nitrogen and oxygen atoms in total. The lowest BCUT2D eigenvalue weighted by Gasteiger charge is -2.29. The zero-order valence-electron chi connectivity index (χ0n) is 17.2. The molecule has 0 aliphatic carbocycles. The fourth-order valence-electron chi connectivity index (χ4n) is 3.55. The lowest BCUT2D eigenvalue weighted by Crippen LogP contribution is -2.38. The summed E-state index contributed by atoms with van der Waals surface area (Å²) in [5.74, 6) is 0.984. The van der Waals surface area contributed by atoms with Gasteiger partial charge in [0.15, 0.2) is 5.75 Å². The summed E-state index contributed by atoms with van der Waals surface area (Å²) in [5.41, 5.74) is 2.29. The molecule has 3 aromatic rings. The van der Waals surface area contributed by atoms with Crippen molar-refractivity contribution in [3.63, 3.8) is 0 Å². The second kappa shape index (κ2) is 8.81. The first-order valence-corrected chi connectivity index (χ1v) is 11.8. The maximum absolute atomic E-state index is 13.0. The molecular weight excluding hydrogens is 412 g/mol. The molecule has 1 fully saturated rings. The Hall–Kier alpha value is -3.32. The van der Waals surface area contributed by atoms with E-state index in [1.54, 1.807) is 30.3 Å². The van der Waals surface area contributed by atoms with Crippen LogP contribution in [-0.2, 0) is 10.0 Å². The highest BCUT2D eigenvalue weighted by atomic mass is 32.2. The first kappa shape index (κ1) is 20.9. The molecule has 3 aromatic carbocycles. The van der Waals surface area contributed by atoms with Gasteiger partial charge >= 0.3 is 0 Å². The van der Waals surface area contributed by atoms with E-state index in [1.165, 1.54) is 4.31 Å². The summed E-state index contributed by atoms with van der Waals surface area (Å²) in [6.07, 6.45) is 1.47. The van der Waals surface area contributed by atoms with Crippen LogP contribution in [0.25, 0.3) is 0 Å². The zero-order valence-corrected chi connectivity index (χ0v) is 18.1. The molecule has 0 saturated carbocycles. The van der Waals surface area contributed by atoms with Gasteiger partial charge in [0.1, 0.15) is 5.75 Å². The average Bonchev–Trinajstić information content (AvgIpc) is 2.76. The maximum Gasteiger partial charge on any atom is 0.255 e. The Morgan fingerprint density at radius 3 is 2.48 bits per heavy atom. The van der Waals surface area contributed by atoms with E-state index in [-0.39, 0.29) is 11.7 Å². The number of anilines is 2. The molecule has 0 radical (unpaired) electrons. The summed E-state index contributed by atoms with van der Waals surface area (Å²) in [6, 6.07) is 21.6. The molecule has 1 amide bonds. The highest BCUT2D eigenvalue weighted by molar-refractivity contribution is 7.92. The van der Waals surface area contributed by atoms with Crippen molar-refractivity contribution in [3.8, 4) is 11.5 Å². The lowest BCUT2D eigenvalue weighted by atomic mass is 10.1. The molecule has 0 bridgehead atoms. The minimum atomic E-state index is -3.36. The fraction of sp³-hybridized carbons (Fsp3) is 0.208. The van der Waals surface area contributed by atoms with Crippen molar-refractivity contribution in [2.75, 3.05) is 21.9 Å². The number of hydrogen-bond donors (Lipinski definition) is 1. The van der Waals surface area contributed by atoms with Crippen molar-refractivity contribution in [2.45, 2.75) is 19.8 Å². The minimum Gasteiger partial charge on any atom is -0.455 e. The second-order valence-corrected chi connectivity index (χ2v) is 9.47. The summed E-state index contributed by atoms with van der Waals surface area (Å²) in [5, 5.41) is 2.89. The van der Waals surface area contributed by atoms with Crippen LogP contribution in [0.1, 0.15) is 28.8 Å². The van der Waals surface area contributed by atoms with Crippen LogP contribution < -0.4 is 14.4 Å². The number of amides is 1. The monoisotopic (exact) mass is 436 g/mol. The molecular formula is C24H24N2O4S. The van der Waals surface area contributed by atoms with Gasteiger partial charge in [0.05, 0.1) is 17.1 Å². The Morgan fingerprint density at radius 1 is 0.968 bits per heavy atom. The summed E-state index contributed by atoms with van der Waals surface area (Å²) < 4.78 is 32.4. The number of carbonyl (C=O) groups is 1. The van der Waals surface area contributed by atoms with E-state index >= 15 is 0 Å². The van der Waals surface area contributed by atoms with Crippen molar-refractivity contribution >= 4 is 27.3 Å². The third-order valence-electron chi connectivity index (χ3n) is 5.20. The van der Waals surface area contributed by atoms with Crippen molar-refractivity contribution in [1.29, 1.82) is 0 Å². The van der Waals surface area contributed by atoms with E-state index in [0.29, 0.717) is 41.4 Å². The Balaban J connectivity index is 1.59. The summed E-state index contributed by atoms with van der Waals surface area (Å²) >= 11 is 0. The van der Waals surface area contributed by atoms with Crippen LogP contribution in [0.3, 0.4) is 0 Å². The summed E-state index contributed by atoms with van der Waals surface area (Å²) in [4.78, 5) is 13.0. The highest BCUT2D eigenvalue weighted by Gasteiger charge is 2.27. The molecule has 1 aliphatic heterocycles. The topological polar surface area (TPSA) is 75.7 Å². The Bertz CT molecular complexity index is 1190. The Labute approximate surface area is 182 Å². The molecule has 1 aliphatic rings. The Kier molecular flexibility index (Phi) is 5.95. The predicted molar refractivity (Wildman–Crippen MR) is 122 cm³/mol. The molecule has 160 valence electrons. The van der Waals surface area contributed by atoms with Crippen molar-refractivity contribution in [3.05, 3.63) is 83.9 Å². The van der Waals surface area contributed by atoms with Crippen LogP contribution >= 0.6 is 0 Å². The lowest BCUT2D eigenvalue weighted by molar-refractivity contribution is 0.102. The van der Waals surface area contributed by atoms with Gasteiger partial charge in [-0.1, -0.05) is 36.4 Å². The highest BCUT2D eigenvalue weighted by Crippen LogP contribution is 2.31. The molecule has 0 spiro atoms. The molecule has 1 N–H and O–H groups in total. The van der Waals surface area contributed by atoms with Gasteiger partial charge in [0.25, 0.3) is 5.91 Å². The predicted octanol–water partition coefficient (Wildman–Crippen LogP) is 4.97. The van der Waals surface area contributed by atoms with Gasteiger partial charge in [-0.2, -0.15) is 0 Å². The van der Waals surface area contributed by atoms with E-state index in [9.17, 15) is 13.2 Å². The number of benzene rings is 3. The van der Waals surface area contributed by atoms with E-state index in [1.807, 2.05) is 49.4 Å². The molecule has 31 heavy (non-hydrogen) atoms. The van der Waals surface area contributed by atoms with Gasteiger partial charge in [-0.3, -0.25) is 9.10 Å². The number of rotatable bonds is 5. The van der Waals surface area contributed by atoms with Gasteiger partial charge in [0, 0.05) is 12.1 Å². The third-order valence-corrected chi connectivity index (χ3v) is 7.05. The molecule has 0 unspecified atom stereocenters. The molecule has 1 heterocycles. The average molecular weight is 437 g/mol. The molecule has 0 aromatic heterocycles. The number of carbonyl (C=O) groups excluding carboxylic acids is 1. The summed E-state index contributed by atoms with van der Waals surface area (Å²) in [6.45, 7) is 2.28. The number of para-hydroxylation sites is 3. The second-order valence-electron chi connectivity index (χ2n) is 7.46. The van der Waals surface area contributed by atoms with E-state index < -0.39 is 10.0 Å². The number of hydrogen-bond acceptors (Lipinski definition) is 4. The number of aryl methyl sites for hydroxylation is 1. The van der Waals surface area contributed by atoms with E-state index in [2.05, 4.69) is 5.32 Å². The van der Waals surface area contributed by atoms with Crippen molar-refractivity contribution < 1.29 is 17.9 Å². The fourth-order valence-corrected chi connectivity index (χ4v) is 5.24. The quantitative estimate of drug-likeness (QED) is 0.613. The van der Waals surface area contributed by atoms with Crippen LogP contribution in [0, 0.1) is 6.92 Å². The molecule has 7 heteroatoms. The smallest absolute Gasteiger partial charge is 0.255 e. The number of nitrogens with zero attached hydrogens (tertiary/aromatic N) is 1. The number of sulfonamides is 1. The normalized spacial score (nSPS) is 15.3. The molecule has 0 atom stereocenters. The maximum atomic E-state index is 13.0. The first-order chi connectivity index (χ1) is 14.9. The van der Waals surface area contributed by atoms with Crippen LogP contribution in [0.2, 0.25) is 0 Å². The van der Waals surface area contributed by atoms with Gasteiger partial charge in [0.2, 0.25) is 10.0 Å². The van der Waals surface area contributed by atoms with Crippen LogP contribution in [0.15, 0.2) is 72.8 Å². The first-order valence-electron chi connectivity index (χ1n) is 10.2. The van der Waals surface area contributed by atoms with Gasteiger partial charge in [-0.25, -0.2) is 8.42 Å². The SMILES string of the molecule is Cc1ccc(C(=O)Nc2ccccc2Oc2ccccc2)cc1N1CCCCS1(=O)=O. The minimum absolute atomic E-state index is 0.132. The largest absolute Gasteiger partial charge is 0.455 e. The zero-order chi connectivity index (χ0) is 21.8. The summed E-state index contributed by atoms with van der Waals surface area (Å²) in [7, 11) is -3.36. The number of ether oxygens (including phenoxy) is 1. The standard InChI is InChI=1S/C24H24N2O4S/c1-18-13-14-19(17-22(18)26-15-7-8-16-31(26,28)29)24(27)25-21-11-5-6-12-23(21)30-20-9-3-2-4-10-20/h2-6,9-14,17H,7-8,15-16H2,1H3,(H,25,27). The van der Waals surface area contributed by atoms with Gasteiger partial charge < -0.3 is 10.1 Å². The van der Waals surface area contributed by atoms with Gasteiger partial charge in [-0.15, -0.1) is 0 Å².